The fourth-order valence-corrected chi connectivity index (χ4v) is 2.96. The van der Waals surface area contributed by atoms with E-state index in [0.29, 0.717) is 6.04 Å². The minimum atomic E-state index is 0.276. The standard InChI is InChI=1S/C17H27NO2/c1-11(2)13-8-14(9-13)18-12(3)16-10-15(19-4)6-7-17(16)20-5/h6-7,10-14,18H,8-9H2,1-5H3. The summed E-state index contributed by atoms with van der Waals surface area (Å²) in [5.41, 5.74) is 1.17. The molecule has 1 atom stereocenters. The lowest BCUT2D eigenvalue weighted by Gasteiger charge is -2.40. The monoisotopic (exact) mass is 277 g/mol. The number of methoxy groups -OCH3 is 2. The van der Waals surface area contributed by atoms with Crippen molar-refractivity contribution in [2.24, 2.45) is 11.8 Å². The summed E-state index contributed by atoms with van der Waals surface area (Å²) in [6.07, 6.45) is 2.57. The van der Waals surface area contributed by atoms with Gasteiger partial charge in [0.25, 0.3) is 0 Å². The number of nitrogens with one attached hydrogen (secondary N) is 1. The van der Waals surface area contributed by atoms with Crippen LogP contribution in [0.1, 0.15) is 45.2 Å². The molecule has 2 rings (SSSR count). The molecule has 0 bridgehead atoms. The summed E-state index contributed by atoms with van der Waals surface area (Å²) >= 11 is 0. The van der Waals surface area contributed by atoms with Gasteiger partial charge in [-0.1, -0.05) is 13.8 Å². The van der Waals surface area contributed by atoms with E-state index in [-0.39, 0.29) is 6.04 Å². The van der Waals surface area contributed by atoms with E-state index in [1.807, 2.05) is 12.1 Å². The van der Waals surface area contributed by atoms with Crippen LogP contribution in [0.15, 0.2) is 18.2 Å². The van der Waals surface area contributed by atoms with Gasteiger partial charge in [0.2, 0.25) is 0 Å². The van der Waals surface area contributed by atoms with Crippen molar-refractivity contribution in [1.29, 1.82) is 0 Å². The number of hydrogen-bond donors (Lipinski definition) is 1. The molecule has 1 N–H and O–H groups in total. The van der Waals surface area contributed by atoms with Crippen LogP contribution in [0.4, 0.5) is 0 Å². The molecule has 0 spiro atoms. The van der Waals surface area contributed by atoms with Gasteiger partial charge in [-0.25, -0.2) is 0 Å². The number of ether oxygens (including phenoxy) is 2. The summed E-state index contributed by atoms with van der Waals surface area (Å²) in [6, 6.07) is 6.89. The average Bonchev–Trinajstić information content (AvgIpc) is 2.40. The molecular formula is C17H27NO2. The molecule has 1 aliphatic rings. The predicted molar refractivity (Wildman–Crippen MR) is 82.4 cm³/mol. The first-order chi connectivity index (χ1) is 9.55. The van der Waals surface area contributed by atoms with E-state index >= 15 is 0 Å². The molecule has 0 aromatic heterocycles. The highest BCUT2D eigenvalue weighted by Crippen LogP contribution is 2.36. The Morgan fingerprint density at radius 3 is 2.35 bits per heavy atom. The Balaban J connectivity index is 2.00. The van der Waals surface area contributed by atoms with E-state index in [4.69, 9.17) is 9.47 Å². The van der Waals surface area contributed by atoms with Gasteiger partial charge < -0.3 is 14.8 Å². The minimum Gasteiger partial charge on any atom is -0.497 e. The molecule has 1 saturated carbocycles. The maximum atomic E-state index is 5.46. The maximum Gasteiger partial charge on any atom is 0.123 e. The van der Waals surface area contributed by atoms with Gasteiger partial charge in [-0.3, -0.25) is 0 Å². The Morgan fingerprint density at radius 1 is 1.10 bits per heavy atom. The summed E-state index contributed by atoms with van der Waals surface area (Å²) in [5, 5.41) is 3.71. The van der Waals surface area contributed by atoms with Gasteiger partial charge >= 0.3 is 0 Å². The fourth-order valence-electron chi connectivity index (χ4n) is 2.96. The Morgan fingerprint density at radius 2 is 1.80 bits per heavy atom. The van der Waals surface area contributed by atoms with Gasteiger partial charge in [0.05, 0.1) is 14.2 Å². The van der Waals surface area contributed by atoms with Gasteiger partial charge in [-0.15, -0.1) is 0 Å². The van der Waals surface area contributed by atoms with Crippen LogP contribution in [-0.4, -0.2) is 20.3 Å². The number of hydrogen-bond acceptors (Lipinski definition) is 3. The van der Waals surface area contributed by atoms with Crippen molar-refractivity contribution in [3.05, 3.63) is 23.8 Å². The molecule has 20 heavy (non-hydrogen) atoms. The predicted octanol–water partition coefficient (Wildman–Crippen LogP) is 3.79. The lowest BCUT2D eigenvalue weighted by molar-refractivity contribution is 0.159. The highest BCUT2D eigenvalue weighted by atomic mass is 16.5. The normalized spacial score (nSPS) is 23.3. The van der Waals surface area contributed by atoms with Crippen LogP contribution < -0.4 is 14.8 Å². The van der Waals surface area contributed by atoms with Crippen molar-refractivity contribution in [1.82, 2.24) is 5.32 Å². The van der Waals surface area contributed by atoms with Gasteiger partial charge in [0, 0.05) is 17.6 Å². The van der Waals surface area contributed by atoms with E-state index in [0.717, 1.165) is 23.3 Å². The second-order valence-corrected chi connectivity index (χ2v) is 6.17. The van der Waals surface area contributed by atoms with Crippen LogP contribution in [0.25, 0.3) is 0 Å². The van der Waals surface area contributed by atoms with E-state index in [1.54, 1.807) is 14.2 Å². The molecule has 1 aromatic rings. The van der Waals surface area contributed by atoms with Crippen LogP contribution in [0.2, 0.25) is 0 Å². The first kappa shape index (κ1) is 15.2. The second-order valence-electron chi connectivity index (χ2n) is 6.17. The second kappa shape index (κ2) is 6.49. The molecule has 3 nitrogen and oxygen atoms in total. The first-order valence-corrected chi connectivity index (χ1v) is 7.53. The Hall–Kier alpha value is -1.22. The molecule has 1 unspecified atom stereocenters. The highest BCUT2D eigenvalue weighted by molar-refractivity contribution is 5.42. The summed E-state index contributed by atoms with van der Waals surface area (Å²) in [5.74, 6) is 3.48. The first-order valence-electron chi connectivity index (χ1n) is 7.53. The molecule has 1 aliphatic carbocycles. The van der Waals surface area contributed by atoms with Crippen LogP contribution >= 0.6 is 0 Å². The Bertz CT molecular complexity index is 439. The number of rotatable bonds is 6. The van der Waals surface area contributed by atoms with Crippen LogP contribution in [-0.2, 0) is 0 Å². The zero-order chi connectivity index (χ0) is 14.7. The van der Waals surface area contributed by atoms with Gasteiger partial charge in [-0.05, 0) is 49.8 Å². The third kappa shape index (κ3) is 3.26. The van der Waals surface area contributed by atoms with Crippen molar-refractivity contribution < 1.29 is 9.47 Å². The van der Waals surface area contributed by atoms with E-state index in [9.17, 15) is 0 Å². The lowest BCUT2D eigenvalue weighted by atomic mass is 9.73. The van der Waals surface area contributed by atoms with Crippen LogP contribution in [0.3, 0.4) is 0 Å². The van der Waals surface area contributed by atoms with Crippen molar-refractivity contribution >= 4 is 0 Å². The minimum absolute atomic E-state index is 0.276. The van der Waals surface area contributed by atoms with E-state index in [1.165, 1.54) is 18.4 Å². The topological polar surface area (TPSA) is 30.5 Å². The summed E-state index contributed by atoms with van der Waals surface area (Å²) in [6.45, 7) is 6.82. The molecule has 112 valence electrons. The van der Waals surface area contributed by atoms with Crippen molar-refractivity contribution in [3.8, 4) is 11.5 Å². The molecule has 0 radical (unpaired) electrons. The van der Waals surface area contributed by atoms with Crippen LogP contribution in [0.5, 0.6) is 11.5 Å². The van der Waals surface area contributed by atoms with Crippen LogP contribution in [0, 0.1) is 11.8 Å². The van der Waals surface area contributed by atoms with E-state index in [2.05, 4.69) is 32.2 Å². The average molecular weight is 277 g/mol. The summed E-state index contributed by atoms with van der Waals surface area (Å²) < 4.78 is 10.8. The molecular weight excluding hydrogens is 250 g/mol. The fraction of sp³-hybridized carbons (Fsp3) is 0.647. The largest absolute Gasteiger partial charge is 0.497 e. The Kier molecular flexibility index (Phi) is 4.92. The lowest BCUT2D eigenvalue weighted by Crippen LogP contribution is -2.44. The quantitative estimate of drug-likeness (QED) is 0.858. The highest BCUT2D eigenvalue weighted by Gasteiger charge is 2.32. The zero-order valence-electron chi connectivity index (χ0n) is 13.3. The third-order valence-corrected chi connectivity index (χ3v) is 4.51. The zero-order valence-corrected chi connectivity index (χ0v) is 13.3. The molecule has 1 aromatic carbocycles. The van der Waals surface area contributed by atoms with E-state index < -0.39 is 0 Å². The SMILES string of the molecule is COc1ccc(OC)c(C(C)NC2CC(C(C)C)C2)c1. The molecule has 0 heterocycles. The molecule has 0 saturated heterocycles. The third-order valence-electron chi connectivity index (χ3n) is 4.51. The summed E-state index contributed by atoms with van der Waals surface area (Å²) in [4.78, 5) is 0. The molecule has 0 amide bonds. The van der Waals surface area contributed by atoms with Gasteiger partial charge in [0.1, 0.15) is 11.5 Å². The van der Waals surface area contributed by atoms with Crippen molar-refractivity contribution in [2.45, 2.75) is 45.7 Å². The molecule has 3 heteroatoms. The smallest absolute Gasteiger partial charge is 0.123 e. The Labute approximate surface area is 122 Å². The molecule has 1 fully saturated rings. The van der Waals surface area contributed by atoms with Gasteiger partial charge in [0.15, 0.2) is 0 Å². The maximum absolute atomic E-state index is 5.46. The molecule has 0 aliphatic heterocycles. The van der Waals surface area contributed by atoms with Crippen molar-refractivity contribution in [3.63, 3.8) is 0 Å². The van der Waals surface area contributed by atoms with Crippen molar-refractivity contribution in [2.75, 3.05) is 14.2 Å². The summed E-state index contributed by atoms with van der Waals surface area (Å²) in [7, 11) is 3.42. The van der Waals surface area contributed by atoms with Gasteiger partial charge in [-0.2, -0.15) is 0 Å². The number of benzene rings is 1.